The third-order valence-electron chi connectivity index (χ3n) is 3.74. The van der Waals surface area contributed by atoms with E-state index < -0.39 is 0 Å². The Bertz CT molecular complexity index is 831. The summed E-state index contributed by atoms with van der Waals surface area (Å²) in [5, 5.41) is 2.68. The van der Waals surface area contributed by atoms with Crippen molar-refractivity contribution >= 4 is 17.2 Å². The zero-order valence-corrected chi connectivity index (χ0v) is 15.0. The smallest absolute Gasteiger partial charge is 0.273 e. The molecule has 0 aliphatic heterocycles. The van der Waals surface area contributed by atoms with Gasteiger partial charge in [-0.3, -0.25) is 9.78 Å². The average molecular weight is 353 g/mol. The fourth-order valence-corrected chi connectivity index (χ4v) is 3.05. The van der Waals surface area contributed by atoms with Crippen molar-refractivity contribution in [2.45, 2.75) is 20.0 Å². The molecule has 3 aromatic rings. The predicted octanol–water partition coefficient (Wildman–Crippen LogP) is 3.70. The van der Waals surface area contributed by atoms with Gasteiger partial charge < -0.3 is 9.64 Å². The van der Waals surface area contributed by atoms with Crippen molar-refractivity contribution in [3.05, 3.63) is 76.0 Å². The van der Waals surface area contributed by atoms with Gasteiger partial charge in [0.05, 0.1) is 24.4 Å². The Morgan fingerprint density at radius 3 is 2.56 bits per heavy atom. The Morgan fingerprint density at radius 1 is 1.16 bits per heavy atom. The number of hydrogen-bond acceptors (Lipinski definition) is 5. The molecule has 2 aromatic heterocycles. The maximum atomic E-state index is 12.9. The van der Waals surface area contributed by atoms with Gasteiger partial charge in [0.1, 0.15) is 11.4 Å². The molecular weight excluding hydrogens is 334 g/mol. The molecule has 0 fully saturated rings. The van der Waals surface area contributed by atoms with Gasteiger partial charge in [-0.1, -0.05) is 18.2 Å². The summed E-state index contributed by atoms with van der Waals surface area (Å²) in [4.78, 5) is 23.3. The Balaban J connectivity index is 1.83. The highest BCUT2D eigenvalue weighted by Gasteiger charge is 2.19. The van der Waals surface area contributed by atoms with Crippen LogP contribution < -0.4 is 4.74 Å². The van der Waals surface area contributed by atoms with Crippen LogP contribution >= 0.6 is 11.3 Å². The van der Waals surface area contributed by atoms with Gasteiger partial charge in [0.15, 0.2) is 0 Å². The van der Waals surface area contributed by atoms with Gasteiger partial charge in [-0.25, -0.2) is 4.98 Å². The number of benzene rings is 1. The third-order valence-corrected chi connectivity index (χ3v) is 4.51. The monoisotopic (exact) mass is 353 g/mol. The van der Waals surface area contributed by atoms with Gasteiger partial charge in [0, 0.05) is 18.1 Å². The van der Waals surface area contributed by atoms with Gasteiger partial charge in [-0.05, 0) is 36.8 Å². The Labute approximate surface area is 150 Å². The van der Waals surface area contributed by atoms with Crippen LogP contribution in [0, 0.1) is 6.92 Å². The molecule has 3 rings (SSSR count). The molecule has 0 bridgehead atoms. The van der Waals surface area contributed by atoms with Gasteiger partial charge >= 0.3 is 0 Å². The summed E-state index contributed by atoms with van der Waals surface area (Å²) < 4.78 is 5.19. The minimum absolute atomic E-state index is 0.0918. The summed E-state index contributed by atoms with van der Waals surface area (Å²) in [6.45, 7) is 2.81. The standard InChI is InChI=1S/C19H19N3O2S/c1-14-21-18(13-25-14)19(23)22(12-16-5-3-4-10-20-16)11-15-6-8-17(24-2)9-7-15/h3-10,13H,11-12H2,1-2H3. The number of nitrogens with zero attached hydrogens (tertiary/aromatic N) is 3. The lowest BCUT2D eigenvalue weighted by Gasteiger charge is -2.22. The largest absolute Gasteiger partial charge is 0.497 e. The number of aryl methyl sites for hydroxylation is 1. The van der Waals surface area contributed by atoms with E-state index in [9.17, 15) is 4.79 Å². The van der Waals surface area contributed by atoms with E-state index in [1.807, 2.05) is 49.4 Å². The second-order valence-electron chi connectivity index (χ2n) is 5.58. The topological polar surface area (TPSA) is 55.3 Å². The van der Waals surface area contributed by atoms with E-state index in [0.717, 1.165) is 22.0 Å². The van der Waals surface area contributed by atoms with E-state index in [0.29, 0.717) is 18.8 Å². The molecule has 5 nitrogen and oxygen atoms in total. The van der Waals surface area contributed by atoms with Crippen LogP contribution in [0.3, 0.4) is 0 Å². The maximum absolute atomic E-state index is 12.9. The Kier molecular flexibility index (Phi) is 5.40. The van der Waals surface area contributed by atoms with Crippen molar-refractivity contribution in [2.24, 2.45) is 0 Å². The fraction of sp³-hybridized carbons (Fsp3) is 0.211. The van der Waals surface area contributed by atoms with Crippen molar-refractivity contribution in [3.63, 3.8) is 0 Å². The van der Waals surface area contributed by atoms with E-state index in [1.54, 1.807) is 23.6 Å². The average Bonchev–Trinajstić information content (AvgIpc) is 3.08. The number of carbonyl (C=O) groups excluding carboxylic acids is 1. The normalized spacial score (nSPS) is 10.5. The molecule has 1 amide bonds. The molecule has 2 heterocycles. The van der Waals surface area contributed by atoms with Crippen LogP contribution in [-0.4, -0.2) is 27.9 Å². The number of amides is 1. The summed E-state index contributed by atoms with van der Waals surface area (Å²) in [5.74, 6) is 0.701. The first kappa shape index (κ1) is 17.1. The molecule has 1 aromatic carbocycles. The number of hydrogen-bond donors (Lipinski definition) is 0. The quantitative estimate of drug-likeness (QED) is 0.678. The van der Waals surface area contributed by atoms with Gasteiger partial charge in [0.25, 0.3) is 5.91 Å². The van der Waals surface area contributed by atoms with Crippen LogP contribution in [0.15, 0.2) is 54.0 Å². The first-order chi connectivity index (χ1) is 12.2. The Hall–Kier alpha value is -2.73. The SMILES string of the molecule is COc1ccc(CN(Cc2ccccn2)C(=O)c2csc(C)n2)cc1. The minimum atomic E-state index is -0.0918. The first-order valence-corrected chi connectivity index (χ1v) is 8.78. The summed E-state index contributed by atoms with van der Waals surface area (Å²) in [6.07, 6.45) is 1.73. The number of carbonyl (C=O) groups is 1. The highest BCUT2D eigenvalue weighted by molar-refractivity contribution is 7.09. The first-order valence-electron chi connectivity index (χ1n) is 7.90. The molecule has 0 saturated heterocycles. The van der Waals surface area contributed by atoms with Gasteiger partial charge in [-0.15, -0.1) is 11.3 Å². The number of ether oxygens (including phenoxy) is 1. The molecule has 0 aliphatic rings. The van der Waals surface area contributed by atoms with Gasteiger partial charge in [0.2, 0.25) is 0 Å². The van der Waals surface area contributed by atoms with Crippen molar-refractivity contribution in [1.82, 2.24) is 14.9 Å². The minimum Gasteiger partial charge on any atom is -0.497 e. The molecule has 0 unspecified atom stereocenters. The van der Waals surface area contributed by atoms with Crippen LogP contribution in [0.4, 0.5) is 0 Å². The lowest BCUT2D eigenvalue weighted by Crippen LogP contribution is -2.30. The van der Waals surface area contributed by atoms with Crippen molar-refractivity contribution in [3.8, 4) is 5.75 Å². The van der Waals surface area contributed by atoms with E-state index in [4.69, 9.17) is 4.74 Å². The summed E-state index contributed by atoms with van der Waals surface area (Å²) in [5.41, 5.74) is 2.35. The highest BCUT2D eigenvalue weighted by Crippen LogP contribution is 2.17. The highest BCUT2D eigenvalue weighted by atomic mass is 32.1. The molecule has 6 heteroatoms. The molecule has 25 heavy (non-hydrogen) atoms. The van der Waals surface area contributed by atoms with Crippen LogP contribution in [0.1, 0.15) is 26.8 Å². The third kappa shape index (κ3) is 4.42. The summed E-state index contributed by atoms with van der Waals surface area (Å²) >= 11 is 1.48. The molecular formula is C19H19N3O2S. The van der Waals surface area contributed by atoms with E-state index in [-0.39, 0.29) is 5.91 Å². The molecule has 0 atom stereocenters. The number of aromatic nitrogens is 2. The van der Waals surface area contributed by atoms with Crippen molar-refractivity contribution < 1.29 is 9.53 Å². The van der Waals surface area contributed by atoms with Gasteiger partial charge in [-0.2, -0.15) is 0 Å². The van der Waals surface area contributed by atoms with Crippen molar-refractivity contribution in [2.75, 3.05) is 7.11 Å². The fourth-order valence-electron chi connectivity index (χ4n) is 2.46. The summed E-state index contributed by atoms with van der Waals surface area (Å²) in [6, 6.07) is 13.4. The zero-order chi connectivity index (χ0) is 17.6. The van der Waals surface area contributed by atoms with Crippen molar-refractivity contribution in [1.29, 1.82) is 0 Å². The number of rotatable bonds is 6. The van der Waals surface area contributed by atoms with E-state index in [1.165, 1.54) is 11.3 Å². The second kappa shape index (κ2) is 7.90. The molecule has 0 aliphatic carbocycles. The maximum Gasteiger partial charge on any atom is 0.273 e. The number of pyridine rings is 1. The molecule has 128 valence electrons. The molecule has 0 radical (unpaired) electrons. The lowest BCUT2D eigenvalue weighted by atomic mass is 10.2. The zero-order valence-electron chi connectivity index (χ0n) is 14.2. The molecule has 0 N–H and O–H groups in total. The molecule has 0 spiro atoms. The number of thiazole rings is 1. The second-order valence-corrected chi connectivity index (χ2v) is 6.64. The molecule has 0 saturated carbocycles. The van der Waals surface area contributed by atoms with E-state index >= 15 is 0 Å². The van der Waals surface area contributed by atoms with E-state index in [2.05, 4.69) is 9.97 Å². The predicted molar refractivity (Wildman–Crippen MR) is 97.7 cm³/mol. The Morgan fingerprint density at radius 2 is 1.96 bits per heavy atom. The van der Waals surface area contributed by atoms with Crippen LogP contribution in [-0.2, 0) is 13.1 Å². The van der Waals surface area contributed by atoms with Crippen LogP contribution in [0.2, 0.25) is 0 Å². The van der Waals surface area contributed by atoms with Crippen LogP contribution in [0.25, 0.3) is 0 Å². The number of methoxy groups -OCH3 is 1. The summed E-state index contributed by atoms with van der Waals surface area (Å²) in [7, 11) is 1.64. The lowest BCUT2D eigenvalue weighted by molar-refractivity contribution is 0.0722. The van der Waals surface area contributed by atoms with Crippen LogP contribution in [0.5, 0.6) is 5.75 Å².